The van der Waals surface area contributed by atoms with E-state index in [4.69, 9.17) is 0 Å². The van der Waals surface area contributed by atoms with Crippen molar-refractivity contribution in [2.24, 2.45) is 16.8 Å². The third kappa shape index (κ3) is 9.95. The third-order valence-electron chi connectivity index (χ3n) is 2.95. The molecule has 0 bridgehead atoms. The van der Waals surface area contributed by atoms with E-state index < -0.39 is 0 Å². The fraction of sp³-hybridized carbons (Fsp3) is 0.800. The van der Waals surface area contributed by atoms with Gasteiger partial charge in [0.15, 0.2) is 0 Å². The Morgan fingerprint density at radius 3 is 2.50 bits per heavy atom. The molecule has 0 heterocycles. The molecule has 0 N–H and O–H groups in total. The van der Waals surface area contributed by atoms with Gasteiger partial charge in [0.25, 0.3) is 0 Å². The van der Waals surface area contributed by atoms with Crippen LogP contribution in [0.1, 0.15) is 59.3 Å². The smallest absolute Gasteiger partial charge is 0.0273 e. The van der Waals surface area contributed by atoms with Gasteiger partial charge in [0.1, 0.15) is 0 Å². The second-order valence-electron chi connectivity index (χ2n) is 4.92. The van der Waals surface area contributed by atoms with E-state index in [0.29, 0.717) is 5.92 Å². The van der Waals surface area contributed by atoms with Crippen molar-refractivity contribution in [3.63, 3.8) is 0 Å². The molecule has 2 atom stereocenters. The largest absolute Gasteiger partial charge is 0.301 e. The van der Waals surface area contributed by atoms with Crippen molar-refractivity contribution in [1.29, 1.82) is 0 Å². The summed E-state index contributed by atoms with van der Waals surface area (Å²) in [6.45, 7) is 6.84. The first-order valence-electron chi connectivity index (χ1n) is 6.78. The fourth-order valence-corrected chi connectivity index (χ4v) is 1.80. The maximum atomic E-state index is 4.05. The highest BCUT2D eigenvalue weighted by molar-refractivity contribution is 5.59. The monoisotopic (exact) mass is 223 g/mol. The molecule has 0 rings (SSSR count). The number of unbranched alkanes of at least 4 members (excludes halogenated alkanes) is 1. The van der Waals surface area contributed by atoms with Crippen molar-refractivity contribution >= 4 is 6.21 Å². The standard InChI is InChI=1S/C15H29N/c1-5-6-10-14(2)11-8-7-9-12-15(3)13-16-4/h7-8,13-15H,5-6,9-12H2,1-4H3/b8-7+,16-13-/t14-,15-/m0/s1. The van der Waals surface area contributed by atoms with Gasteiger partial charge in [-0.2, -0.15) is 0 Å². The van der Waals surface area contributed by atoms with Crippen molar-refractivity contribution in [2.75, 3.05) is 7.05 Å². The first-order chi connectivity index (χ1) is 7.70. The van der Waals surface area contributed by atoms with E-state index in [1.54, 1.807) is 0 Å². The van der Waals surface area contributed by atoms with E-state index in [-0.39, 0.29) is 0 Å². The lowest BCUT2D eigenvalue weighted by atomic mass is 10.00. The summed E-state index contributed by atoms with van der Waals surface area (Å²) in [5.41, 5.74) is 0. The summed E-state index contributed by atoms with van der Waals surface area (Å²) in [6, 6.07) is 0. The predicted octanol–water partition coefficient (Wildman–Crippen LogP) is 4.88. The molecule has 0 unspecified atom stereocenters. The van der Waals surface area contributed by atoms with Crippen molar-refractivity contribution in [3.05, 3.63) is 12.2 Å². The van der Waals surface area contributed by atoms with Crippen molar-refractivity contribution in [1.82, 2.24) is 0 Å². The molecule has 0 fully saturated rings. The minimum absolute atomic E-state index is 0.618. The Kier molecular flexibility index (Phi) is 10.5. The molecule has 0 saturated heterocycles. The van der Waals surface area contributed by atoms with Gasteiger partial charge in [-0.25, -0.2) is 0 Å². The van der Waals surface area contributed by atoms with Crippen LogP contribution in [0.2, 0.25) is 0 Å². The van der Waals surface area contributed by atoms with Crippen LogP contribution in [0.3, 0.4) is 0 Å². The Morgan fingerprint density at radius 1 is 1.12 bits per heavy atom. The van der Waals surface area contributed by atoms with Crippen molar-refractivity contribution in [3.8, 4) is 0 Å². The maximum absolute atomic E-state index is 4.05. The summed E-state index contributed by atoms with van der Waals surface area (Å²) >= 11 is 0. The highest BCUT2D eigenvalue weighted by Crippen LogP contribution is 2.13. The van der Waals surface area contributed by atoms with Crippen LogP contribution in [0, 0.1) is 11.8 Å². The summed E-state index contributed by atoms with van der Waals surface area (Å²) in [6.07, 6.45) is 14.5. The summed E-state index contributed by atoms with van der Waals surface area (Å²) < 4.78 is 0. The Bertz CT molecular complexity index is 194. The normalized spacial score (nSPS) is 16.0. The lowest BCUT2D eigenvalue weighted by molar-refractivity contribution is 0.511. The molecule has 0 saturated carbocycles. The number of nitrogens with zero attached hydrogens (tertiary/aromatic N) is 1. The Hall–Kier alpha value is -0.590. The average molecular weight is 223 g/mol. The molecule has 0 aromatic carbocycles. The van der Waals surface area contributed by atoms with E-state index >= 15 is 0 Å². The molecule has 0 aromatic heterocycles. The van der Waals surface area contributed by atoms with Gasteiger partial charge in [0.05, 0.1) is 0 Å². The molecule has 16 heavy (non-hydrogen) atoms. The van der Waals surface area contributed by atoms with E-state index in [0.717, 1.165) is 5.92 Å². The van der Waals surface area contributed by atoms with Crippen LogP contribution < -0.4 is 0 Å². The summed E-state index contributed by atoms with van der Waals surface area (Å²) in [5, 5.41) is 0. The van der Waals surface area contributed by atoms with Crippen molar-refractivity contribution in [2.45, 2.75) is 59.3 Å². The number of hydrogen-bond donors (Lipinski definition) is 0. The second-order valence-corrected chi connectivity index (χ2v) is 4.92. The number of hydrogen-bond acceptors (Lipinski definition) is 1. The minimum atomic E-state index is 0.618. The van der Waals surface area contributed by atoms with Crippen LogP contribution in [0.5, 0.6) is 0 Å². The van der Waals surface area contributed by atoms with E-state index in [1.807, 2.05) is 13.3 Å². The fourth-order valence-electron chi connectivity index (χ4n) is 1.80. The summed E-state index contributed by atoms with van der Waals surface area (Å²) in [7, 11) is 1.85. The van der Waals surface area contributed by atoms with Gasteiger partial charge in [0.2, 0.25) is 0 Å². The lowest BCUT2D eigenvalue weighted by Gasteiger charge is -2.06. The van der Waals surface area contributed by atoms with Gasteiger partial charge in [-0.05, 0) is 31.1 Å². The minimum Gasteiger partial charge on any atom is -0.301 e. The van der Waals surface area contributed by atoms with Crippen LogP contribution in [0.15, 0.2) is 17.1 Å². The number of rotatable bonds is 9. The second kappa shape index (κ2) is 10.9. The Morgan fingerprint density at radius 2 is 1.88 bits per heavy atom. The van der Waals surface area contributed by atoms with E-state index in [2.05, 4.69) is 37.9 Å². The van der Waals surface area contributed by atoms with Gasteiger partial charge in [-0.15, -0.1) is 0 Å². The highest BCUT2D eigenvalue weighted by Gasteiger charge is 1.98. The molecule has 0 aliphatic carbocycles. The van der Waals surface area contributed by atoms with Gasteiger partial charge >= 0.3 is 0 Å². The number of aliphatic imine (C=N–C) groups is 1. The Balaban J connectivity index is 3.46. The van der Waals surface area contributed by atoms with Gasteiger partial charge in [0, 0.05) is 13.3 Å². The Labute approximate surface area is 102 Å². The van der Waals surface area contributed by atoms with Crippen LogP contribution in [0.25, 0.3) is 0 Å². The average Bonchev–Trinajstić information content (AvgIpc) is 2.26. The van der Waals surface area contributed by atoms with Crippen molar-refractivity contribution < 1.29 is 0 Å². The molecule has 94 valence electrons. The zero-order valence-electron chi connectivity index (χ0n) is 11.6. The molecule has 0 aliphatic rings. The topological polar surface area (TPSA) is 12.4 Å². The zero-order valence-corrected chi connectivity index (χ0v) is 11.6. The predicted molar refractivity (Wildman–Crippen MR) is 75.3 cm³/mol. The maximum Gasteiger partial charge on any atom is 0.0273 e. The molecule has 0 aromatic rings. The quantitative estimate of drug-likeness (QED) is 0.390. The third-order valence-corrected chi connectivity index (χ3v) is 2.95. The molecule has 1 nitrogen and oxygen atoms in total. The molecule has 0 aliphatic heterocycles. The first kappa shape index (κ1) is 15.4. The van der Waals surface area contributed by atoms with E-state index in [1.165, 1.54) is 38.5 Å². The van der Waals surface area contributed by atoms with Crippen LogP contribution >= 0.6 is 0 Å². The molecule has 1 heteroatoms. The molecule has 0 radical (unpaired) electrons. The lowest BCUT2D eigenvalue weighted by Crippen LogP contribution is -1.94. The SMILES string of the molecule is CCCC[C@H](C)C/C=C/CC[C@H](C)/C=N\C. The molecular formula is C15H29N. The summed E-state index contributed by atoms with van der Waals surface area (Å²) in [5.74, 6) is 1.47. The molecule has 0 amide bonds. The van der Waals surface area contributed by atoms with Gasteiger partial charge < -0.3 is 4.99 Å². The number of allylic oxidation sites excluding steroid dienone is 2. The van der Waals surface area contributed by atoms with Crippen LogP contribution in [-0.2, 0) is 0 Å². The first-order valence-corrected chi connectivity index (χ1v) is 6.78. The highest BCUT2D eigenvalue weighted by atomic mass is 14.6. The van der Waals surface area contributed by atoms with Gasteiger partial charge in [-0.1, -0.05) is 52.2 Å². The van der Waals surface area contributed by atoms with Crippen LogP contribution in [0.4, 0.5) is 0 Å². The van der Waals surface area contributed by atoms with Crippen LogP contribution in [-0.4, -0.2) is 13.3 Å². The zero-order chi connectivity index (χ0) is 12.2. The van der Waals surface area contributed by atoms with E-state index in [9.17, 15) is 0 Å². The summed E-state index contributed by atoms with van der Waals surface area (Å²) in [4.78, 5) is 4.05. The molecule has 0 spiro atoms. The molecular weight excluding hydrogens is 194 g/mol. The van der Waals surface area contributed by atoms with Gasteiger partial charge in [-0.3, -0.25) is 0 Å².